The van der Waals surface area contributed by atoms with Crippen molar-refractivity contribution in [3.05, 3.63) is 52.1 Å². The number of aryl methyl sites for hydroxylation is 1. The van der Waals surface area contributed by atoms with Crippen LogP contribution in [0.5, 0.6) is 5.88 Å². The first kappa shape index (κ1) is 12.4. The van der Waals surface area contributed by atoms with Gasteiger partial charge in [-0.1, -0.05) is 23.7 Å². The molecule has 0 amide bonds. The van der Waals surface area contributed by atoms with Gasteiger partial charge in [0.1, 0.15) is 17.8 Å². The van der Waals surface area contributed by atoms with E-state index in [-0.39, 0.29) is 0 Å². The maximum Gasteiger partial charge on any atom is 0.225 e. The third-order valence-electron chi connectivity index (χ3n) is 2.70. The lowest BCUT2D eigenvalue weighted by molar-refractivity contribution is 0.297. The van der Waals surface area contributed by atoms with Crippen molar-refractivity contribution in [3.63, 3.8) is 0 Å². The van der Waals surface area contributed by atoms with Crippen molar-refractivity contribution in [2.24, 2.45) is 0 Å². The minimum absolute atomic E-state index is 0.470. The maximum absolute atomic E-state index is 5.85. The predicted octanol–water partition coefficient (Wildman–Crippen LogP) is 4.23. The van der Waals surface area contributed by atoms with Crippen molar-refractivity contribution in [1.82, 2.24) is 9.97 Å². The first-order chi connectivity index (χ1) is 9.22. The van der Waals surface area contributed by atoms with Gasteiger partial charge in [0, 0.05) is 9.90 Å². The van der Waals surface area contributed by atoms with E-state index in [2.05, 4.69) is 23.0 Å². The Morgan fingerprint density at radius 1 is 1.21 bits per heavy atom. The number of aromatic nitrogens is 2. The zero-order valence-electron chi connectivity index (χ0n) is 10.3. The molecule has 2 heterocycles. The quantitative estimate of drug-likeness (QED) is 0.724. The summed E-state index contributed by atoms with van der Waals surface area (Å²) in [6, 6.07) is 9.64. The fourth-order valence-electron chi connectivity index (χ4n) is 1.80. The van der Waals surface area contributed by atoms with Gasteiger partial charge >= 0.3 is 0 Å². The van der Waals surface area contributed by atoms with Gasteiger partial charge in [0.25, 0.3) is 0 Å². The molecule has 0 radical (unpaired) electrons. The topological polar surface area (TPSA) is 35.0 Å². The van der Waals surface area contributed by atoms with E-state index >= 15 is 0 Å². The highest BCUT2D eigenvalue weighted by Crippen LogP contribution is 2.29. The SMILES string of the molecule is Cc1cc2c(OCc3ccc(Cl)cc3)ncnc2s1. The highest BCUT2D eigenvalue weighted by molar-refractivity contribution is 7.18. The van der Waals surface area contributed by atoms with E-state index in [9.17, 15) is 0 Å². The van der Waals surface area contributed by atoms with Gasteiger partial charge in [-0.15, -0.1) is 11.3 Å². The first-order valence-corrected chi connectivity index (χ1v) is 7.00. The maximum atomic E-state index is 5.85. The molecule has 0 aliphatic rings. The lowest BCUT2D eigenvalue weighted by atomic mass is 10.2. The van der Waals surface area contributed by atoms with Gasteiger partial charge in [0.15, 0.2) is 0 Å². The van der Waals surface area contributed by atoms with E-state index in [1.54, 1.807) is 11.3 Å². The van der Waals surface area contributed by atoms with E-state index < -0.39 is 0 Å². The molecule has 0 saturated carbocycles. The van der Waals surface area contributed by atoms with Gasteiger partial charge in [0.2, 0.25) is 5.88 Å². The Labute approximate surface area is 119 Å². The summed E-state index contributed by atoms with van der Waals surface area (Å²) in [5, 5.41) is 1.69. The Kier molecular flexibility index (Phi) is 3.36. The van der Waals surface area contributed by atoms with Crippen molar-refractivity contribution in [3.8, 4) is 5.88 Å². The van der Waals surface area contributed by atoms with Gasteiger partial charge < -0.3 is 4.74 Å². The summed E-state index contributed by atoms with van der Waals surface area (Å²) >= 11 is 7.49. The monoisotopic (exact) mass is 290 g/mol. The number of rotatable bonds is 3. The molecule has 3 nitrogen and oxygen atoms in total. The average Bonchev–Trinajstić information content (AvgIpc) is 2.79. The third kappa shape index (κ3) is 2.69. The van der Waals surface area contributed by atoms with Gasteiger partial charge in [-0.05, 0) is 30.7 Å². The molecule has 96 valence electrons. The number of ether oxygens (including phenoxy) is 1. The van der Waals surface area contributed by atoms with Crippen LogP contribution in [0.25, 0.3) is 10.2 Å². The Morgan fingerprint density at radius 2 is 2.00 bits per heavy atom. The largest absolute Gasteiger partial charge is 0.472 e. The van der Waals surface area contributed by atoms with Gasteiger partial charge in [-0.3, -0.25) is 0 Å². The van der Waals surface area contributed by atoms with Crippen LogP contribution in [-0.2, 0) is 6.61 Å². The zero-order valence-corrected chi connectivity index (χ0v) is 11.8. The van der Waals surface area contributed by atoms with Gasteiger partial charge in [0.05, 0.1) is 5.39 Å². The Balaban J connectivity index is 1.83. The van der Waals surface area contributed by atoms with Crippen LogP contribution < -0.4 is 4.74 Å². The van der Waals surface area contributed by atoms with Crippen LogP contribution in [-0.4, -0.2) is 9.97 Å². The van der Waals surface area contributed by atoms with E-state index in [1.807, 2.05) is 24.3 Å². The highest BCUT2D eigenvalue weighted by Gasteiger charge is 2.08. The van der Waals surface area contributed by atoms with Crippen molar-refractivity contribution in [1.29, 1.82) is 0 Å². The summed E-state index contributed by atoms with van der Waals surface area (Å²) in [5.74, 6) is 0.629. The molecule has 19 heavy (non-hydrogen) atoms. The Hall–Kier alpha value is -1.65. The van der Waals surface area contributed by atoms with Crippen LogP contribution in [0.2, 0.25) is 5.02 Å². The normalized spacial score (nSPS) is 10.8. The lowest BCUT2D eigenvalue weighted by Gasteiger charge is -2.06. The standard InChI is InChI=1S/C14H11ClN2OS/c1-9-6-12-13(16-8-17-14(12)19-9)18-7-10-2-4-11(15)5-3-10/h2-6,8H,7H2,1H3. The molecule has 3 aromatic rings. The molecule has 0 atom stereocenters. The number of fused-ring (bicyclic) bond motifs is 1. The average molecular weight is 291 g/mol. The smallest absolute Gasteiger partial charge is 0.225 e. The number of benzene rings is 1. The van der Waals surface area contributed by atoms with Gasteiger partial charge in [-0.2, -0.15) is 0 Å². The highest BCUT2D eigenvalue weighted by atomic mass is 35.5. The summed E-state index contributed by atoms with van der Waals surface area (Å²) in [6.45, 7) is 2.52. The number of hydrogen-bond donors (Lipinski definition) is 0. The molecule has 2 aromatic heterocycles. The lowest BCUT2D eigenvalue weighted by Crippen LogP contribution is -1.97. The molecule has 1 aromatic carbocycles. The van der Waals surface area contributed by atoms with Crippen LogP contribution in [0.3, 0.4) is 0 Å². The summed E-state index contributed by atoms with van der Waals surface area (Å²) < 4.78 is 5.77. The minimum atomic E-state index is 0.470. The summed E-state index contributed by atoms with van der Waals surface area (Å²) in [4.78, 5) is 10.6. The van der Waals surface area contributed by atoms with Crippen LogP contribution in [0.15, 0.2) is 36.7 Å². The number of nitrogens with zero attached hydrogens (tertiary/aromatic N) is 2. The zero-order chi connectivity index (χ0) is 13.2. The molecule has 5 heteroatoms. The van der Waals surface area contributed by atoms with E-state index in [0.29, 0.717) is 12.5 Å². The Morgan fingerprint density at radius 3 is 2.79 bits per heavy atom. The number of halogens is 1. The van der Waals surface area contributed by atoms with Crippen LogP contribution in [0.1, 0.15) is 10.4 Å². The molecule has 0 saturated heterocycles. The van der Waals surface area contributed by atoms with Crippen LogP contribution in [0, 0.1) is 6.92 Å². The summed E-state index contributed by atoms with van der Waals surface area (Å²) in [5.41, 5.74) is 1.06. The van der Waals surface area contributed by atoms with E-state index in [4.69, 9.17) is 16.3 Å². The second kappa shape index (κ2) is 5.15. The molecule has 0 aliphatic heterocycles. The second-order valence-electron chi connectivity index (χ2n) is 4.17. The Bertz CT molecular complexity index is 709. The van der Waals surface area contributed by atoms with Crippen molar-refractivity contribution < 1.29 is 4.74 Å². The second-order valence-corrected chi connectivity index (χ2v) is 5.84. The minimum Gasteiger partial charge on any atom is -0.472 e. The molecule has 0 unspecified atom stereocenters. The number of thiophene rings is 1. The first-order valence-electron chi connectivity index (χ1n) is 5.81. The van der Waals surface area contributed by atoms with Crippen LogP contribution in [0.4, 0.5) is 0 Å². The molecule has 0 bridgehead atoms. The fourth-order valence-corrected chi connectivity index (χ4v) is 2.77. The molecule has 0 N–H and O–H groups in total. The predicted molar refractivity (Wildman–Crippen MR) is 77.9 cm³/mol. The third-order valence-corrected chi connectivity index (χ3v) is 3.92. The molecule has 0 aliphatic carbocycles. The van der Waals surface area contributed by atoms with Crippen molar-refractivity contribution >= 4 is 33.2 Å². The number of hydrogen-bond acceptors (Lipinski definition) is 4. The van der Waals surface area contributed by atoms with Crippen molar-refractivity contribution in [2.45, 2.75) is 13.5 Å². The summed E-state index contributed by atoms with van der Waals surface area (Å²) in [6.07, 6.45) is 1.54. The van der Waals surface area contributed by atoms with Crippen molar-refractivity contribution in [2.75, 3.05) is 0 Å². The molecular formula is C14H11ClN2OS. The van der Waals surface area contributed by atoms with Gasteiger partial charge in [-0.25, -0.2) is 9.97 Å². The van der Waals surface area contributed by atoms with Crippen LogP contribution >= 0.6 is 22.9 Å². The molecular weight excluding hydrogens is 280 g/mol. The molecule has 0 spiro atoms. The van der Waals surface area contributed by atoms with E-state index in [0.717, 1.165) is 20.8 Å². The molecule has 0 fully saturated rings. The summed E-state index contributed by atoms with van der Waals surface area (Å²) in [7, 11) is 0. The van der Waals surface area contributed by atoms with E-state index in [1.165, 1.54) is 11.2 Å². The fraction of sp³-hybridized carbons (Fsp3) is 0.143. The molecule has 3 rings (SSSR count).